The van der Waals surface area contributed by atoms with Crippen molar-refractivity contribution in [2.45, 2.75) is 24.3 Å². The van der Waals surface area contributed by atoms with E-state index in [0.29, 0.717) is 36.2 Å². The molecular weight excluding hydrogens is 304 g/mol. The van der Waals surface area contributed by atoms with Gasteiger partial charge in [0.2, 0.25) is 10.0 Å². The summed E-state index contributed by atoms with van der Waals surface area (Å²) in [5.41, 5.74) is 0.763. The van der Waals surface area contributed by atoms with Gasteiger partial charge in [-0.2, -0.15) is 9.40 Å². The molecule has 1 aliphatic rings. The van der Waals surface area contributed by atoms with Crippen LogP contribution in [0.25, 0.3) is 11.4 Å². The lowest BCUT2D eigenvalue weighted by atomic mass is 10.2. The predicted octanol–water partition coefficient (Wildman–Crippen LogP) is 1.40. The molecule has 0 spiro atoms. The number of sulfonamides is 1. The Hall–Kier alpha value is -1.77. The van der Waals surface area contributed by atoms with Gasteiger partial charge < -0.3 is 4.74 Å². The summed E-state index contributed by atoms with van der Waals surface area (Å²) < 4.78 is 31.4. The Morgan fingerprint density at radius 1 is 1.23 bits per heavy atom. The van der Waals surface area contributed by atoms with Gasteiger partial charge in [-0.3, -0.25) is 5.10 Å². The Morgan fingerprint density at radius 3 is 2.55 bits per heavy atom. The quantitative estimate of drug-likeness (QED) is 0.899. The summed E-state index contributed by atoms with van der Waals surface area (Å²) in [7, 11) is -1.79. The number of nitrogens with zero attached hydrogens (tertiary/aromatic N) is 3. The molecule has 1 fully saturated rings. The second-order valence-electron chi connectivity index (χ2n) is 5.17. The third kappa shape index (κ3) is 2.90. The van der Waals surface area contributed by atoms with Crippen molar-refractivity contribution in [3.05, 3.63) is 30.1 Å². The van der Waals surface area contributed by atoms with Crippen LogP contribution in [0, 0.1) is 0 Å². The summed E-state index contributed by atoms with van der Waals surface area (Å²) in [6.07, 6.45) is 1.85. The molecule has 0 aliphatic carbocycles. The van der Waals surface area contributed by atoms with E-state index in [1.54, 1.807) is 31.4 Å². The van der Waals surface area contributed by atoms with Crippen molar-refractivity contribution in [3.8, 4) is 11.4 Å². The van der Waals surface area contributed by atoms with Crippen LogP contribution in [-0.4, -0.2) is 48.1 Å². The number of aromatic nitrogens is 3. The summed E-state index contributed by atoms with van der Waals surface area (Å²) in [5.74, 6) is 1.16. The molecule has 1 N–H and O–H groups in total. The molecule has 1 aromatic heterocycles. The normalized spacial score (nSPS) is 16.2. The highest BCUT2D eigenvalue weighted by molar-refractivity contribution is 7.89. The van der Waals surface area contributed by atoms with Gasteiger partial charge in [0, 0.05) is 25.8 Å². The van der Waals surface area contributed by atoms with Gasteiger partial charge in [-0.05, 0) is 37.1 Å². The molecule has 8 heteroatoms. The highest BCUT2D eigenvalue weighted by Gasteiger charge is 2.27. The highest BCUT2D eigenvalue weighted by Crippen LogP contribution is 2.23. The van der Waals surface area contributed by atoms with E-state index in [1.165, 1.54) is 4.31 Å². The van der Waals surface area contributed by atoms with Crippen LogP contribution in [0.3, 0.4) is 0 Å². The molecule has 0 saturated carbocycles. The summed E-state index contributed by atoms with van der Waals surface area (Å²) in [6, 6.07) is 6.66. The fourth-order valence-corrected chi connectivity index (χ4v) is 4.00. The monoisotopic (exact) mass is 322 g/mol. The topological polar surface area (TPSA) is 88.2 Å². The van der Waals surface area contributed by atoms with Gasteiger partial charge in [0.05, 0.1) is 4.90 Å². The first-order valence-corrected chi connectivity index (χ1v) is 8.56. The molecule has 22 heavy (non-hydrogen) atoms. The first-order valence-electron chi connectivity index (χ1n) is 7.12. The van der Waals surface area contributed by atoms with E-state index in [4.69, 9.17) is 4.74 Å². The van der Waals surface area contributed by atoms with Crippen LogP contribution in [0.4, 0.5) is 0 Å². The van der Waals surface area contributed by atoms with Crippen molar-refractivity contribution < 1.29 is 13.2 Å². The fourth-order valence-electron chi connectivity index (χ4n) is 2.48. The second kappa shape index (κ2) is 6.15. The molecule has 0 bridgehead atoms. The molecule has 0 atom stereocenters. The van der Waals surface area contributed by atoms with Crippen LogP contribution in [0.5, 0.6) is 0 Å². The average Bonchev–Trinajstić information content (AvgIpc) is 3.20. The maximum atomic E-state index is 12.4. The van der Waals surface area contributed by atoms with Crippen molar-refractivity contribution in [3.63, 3.8) is 0 Å². The molecule has 1 aromatic carbocycles. The lowest BCUT2D eigenvalue weighted by Gasteiger charge is -2.15. The van der Waals surface area contributed by atoms with Gasteiger partial charge in [0.1, 0.15) is 6.61 Å². The van der Waals surface area contributed by atoms with Crippen LogP contribution in [0.2, 0.25) is 0 Å². The van der Waals surface area contributed by atoms with Gasteiger partial charge in [-0.1, -0.05) is 0 Å². The Kier molecular flexibility index (Phi) is 4.23. The van der Waals surface area contributed by atoms with Crippen molar-refractivity contribution in [2.75, 3.05) is 20.2 Å². The largest absolute Gasteiger partial charge is 0.377 e. The van der Waals surface area contributed by atoms with Crippen molar-refractivity contribution >= 4 is 10.0 Å². The van der Waals surface area contributed by atoms with E-state index in [2.05, 4.69) is 15.2 Å². The summed E-state index contributed by atoms with van der Waals surface area (Å²) in [5, 5.41) is 6.88. The number of aromatic amines is 1. The van der Waals surface area contributed by atoms with E-state index in [1.807, 2.05) is 0 Å². The number of rotatable bonds is 5. The zero-order valence-corrected chi connectivity index (χ0v) is 13.1. The van der Waals surface area contributed by atoms with E-state index in [9.17, 15) is 8.42 Å². The predicted molar refractivity (Wildman–Crippen MR) is 80.5 cm³/mol. The molecule has 2 heterocycles. The lowest BCUT2D eigenvalue weighted by Crippen LogP contribution is -2.27. The number of H-pyrrole nitrogens is 1. The number of methoxy groups -OCH3 is 1. The fraction of sp³-hybridized carbons (Fsp3) is 0.429. The van der Waals surface area contributed by atoms with Gasteiger partial charge in [0.25, 0.3) is 0 Å². The van der Waals surface area contributed by atoms with Crippen molar-refractivity contribution in [1.29, 1.82) is 0 Å². The van der Waals surface area contributed by atoms with Crippen LogP contribution >= 0.6 is 0 Å². The smallest absolute Gasteiger partial charge is 0.243 e. The zero-order valence-electron chi connectivity index (χ0n) is 12.3. The van der Waals surface area contributed by atoms with Gasteiger partial charge in [-0.15, -0.1) is 0 Å². The summed E-state index contributed by atoms with van der Waals surface area (Å²) >= 11 is 0. The number of nitrogens with one attached hydrogen (secondary N) is 1. The minimum absolute atomic E-state index is 0.311. The third-order valence-corrected chi connectivity index (χ3v) is 5.54. The number of hydrogen-bond acceptors (Lipinski definition) is 5. The highest BCUT2D eigenvalue weighted by atomic mass is 32.2. The molecule has 3 rings (SSSR count). The van der Waals surface area contributed by atoms with Gasteiger partial charge in [0.15, 0.2) is 11.6 Å². The number of ether oxygens (including phenoxy) is 1. The molecule has 0 unspecified atom stereocenters. The molecule has 118 valence electrons. The lowest BCUT2D eigenvalue weighted by molar-refractivity contribution is 0.178. The van der Waals surface area contributed by atoms with Gasteiger partial charge >= 0.3 is 0 Å². The SMILES string of the molecule is COCc1nc(-c2ccc(S(=O)(=O)N3CCCC3)cc2)n[nH]1. The standard InChI is InChI=1S/C14H18N4O3S/c1-21-10-13-15-14(17-16-13)11-4-6-12(7-5-11)22(19,20)18-8-2-3-9-18/h4-7H,2-3,8-10H2,1H3,(H,15,16,17). The van der Waals surface area contributed by atoms with Crippen molar-refractivity contribution in [1.82, 2.24) is 19.5 Å². The summed E-state index contributed by atoms with van der Waals surface area (Å²) in [4.78, 5) is 4.60. The minimum Gasteiger partial charge on any atom is -0.377 e. The zero-order chi connectivity index (χ0) is 15.6. The number of benzene rings is 1. The van der Waals surface area contributed by atoms with Crippen molar-refractivity contribution in [2.24, 2.45) is 0 Å². The van der Waals surface area contributed by atoms with Crippen LogP contribution in [0.15, 0.2) is 29.2 Å². The van der Waals surface area contributed by atoms with Crippen LogP contribution < -0.4 is 0 Å². The maximum Gasteiger partial charge on any atom is 0.243 e. The molecule has 1 aliphatic heterocycles. The molecular formula is C14H18N4O3S. The summed E-state index contributed by atoms with van der Waals surface area (Å²) in [6.45, 7) is 1.56. The Balaban J connectivity index is 1.82. The Bertz CT molecular complexity index is 734. The van der Waals surface area contributed by atoms with Crippen LogP contribution in [0.1, 0.15) is 18.7 Å². The van der Waals surface area contributed by atoms with E-state index < -0.39 is 10.0 Å². The Labute approximate surface area is 129 Å². The molecule has 0 amide bonds. The average molecular weight is 322 g/mol. The molecule has 2 aromatic rings. The first-order chi connectivity index (χ1) is 10.6. The molecule has 1 saturated heterocycles. The maximum absolute atomic E-state index is 12.4. The minimum atomic E-state index is -3.38. The van der Waals surface area contributed by atoms with E-state index in [-0.39, 0.29) is 0 Å². The number of hydrogen-bond donors (Lipinski definition) is 1. The van der Waals surface area contributed by atoms with E-state index in [0.717, 1.165) is 18.4 Å². The van der Waals surface area contributed by atoms with Gasteiger partial charge in [-0.25, -0.2) is 13.4 Å². The Morgan fingerprint density at radius 2 is 1.91 bits per heavy atom. The second-order valence-corrected chi connectivity index (χ2v) is 7.11. The third-order valence-electron chi connectivity index (χ3n) is 3.63. The molecule has 0 radical (unpaired) electrons. The first kappa shape index (κ1) is 15.1. The van der Waals surface area contributed by atoms with Crippen LogP contribution in [-0.2, 0) is 21.4 Å². The van der Waals surface area contributed by atoms with E-state index >= 15 is 0 Å². The molecule has 7 nitrogen and oxygen atoms in total.